The van der Waals surface area contributed by atoms with Crippen LogP contribution in [0.5, 0.6) is 0 Å². The number of nitrogens with two attached hydrogens (primary N) is 1. The summed E-state index contributed by atoms with van der Waals surface area (Å²) in [4.78, 5) is 1.90. The first kappa shape index (κ1) is 10.1. The molecule has 74 valence electrons. The van der Waals surface area contributed by atoms with E-state index < -0.39 is 0 Å². The maximum atomic E-state index is 5.65. The summed E-state index contributed by atoms with van der Waals surface area (Å²) in [5.74, 6) is 0.545. The van der Waals surface area contributed by atoms with Gasteiger partial charge in [0.05, 0.1) is 18.0 Å². The van der Waals surface area contributed by atoms with Gasteiger partial charge < -0.3 is 15.4 Å². The van der Waals surface area contributed by atoms with E-state index >= 15 is 0 Å². The fourth-order valence-corrected chi connectivity index (χ4v) is 1.97. The Morgan fingerprint density at radius 2 is 2.31 bits per heavy atom. The Balaban J connectivity index is 2.67. The van der Waals surface area contributed by atoms with Gasteiger partial charge in [0, 0.05) is 7.11 Å². The standard InChI is InChI=1S/C10H18N2O/c1-4-12(8(2)11)9-6-5-7-10(9)13-3/h4,9-10H,1-2,5-7,11H2,3H3/t9-,10-/m0/s1. The molecule has 0 bridgehead atoms. The van der Waals surface area contributed by atoms with Gasteiger partial charge in [0.15, 0.2) is 0 Å². The topological polar surface area (TPSA) is 38.5 Å². The highest BCUT2D eigenvalue weighted by atomic mass is 16.5. The van der Waals surface area contributed by atoms with Crippen molar-refractivity contribution in [2.24, 2.45) is 5.73 Å². The molecule has 1 saturated carbocycles. The van der Waals surface area contributed by atoms with Crippen molar-refractivity contribution in [1.82, 2.24) is 4.90 Å². The molecule has 2 atom stereocenters. The summed E-state index contributed by atoms with van der Waals surface area (Å²) in [5.41, 5.74) is 5.65. The van der Waals surface area contributed by atoms with Crippen LogP contribution in [-0.2, 0) is 4.74 Å². The highest BCUT2D eigenvalue weighted by Crippen LogP contribution is 2.27. The Labute approximate surface area is 79.9 Å². The Morgan fingerprint density at radius 3 is 2.77 bits per heavy atom. The summed E-state index contributed by atoms with van der Waals surface area (Å²) in [7, 11) is 1.74. The molecule has 0 radical (unpaired) electrons. The van der Waals surface area contributed by atoms with E-state index in [1.165, 1.54) is 6.42 Å². The molecule has 0 saturated heterocycles. The minimum Gasteiger partial charge on any atom is -0.386 e. The Kier molecular flexibility index (Phi) is 3.37. The smallest absolute Gasteiger partial charge is 0.0956 e. The SMILES string of the molecule is C=CN(C(=C)N)[C@H]1CCC[C@@H]1OC. The van der Waals surface area contributed by atoms with Crippen molar-refractivity contribution in [1.29, 1.82) is 0 Å². The molecule has 1 fully saturated rings. The molecule has 0 unspecified atom stereocenters. The Bertz CT molecular complexity index is 203. The van der Waals surface area contributed by atoms with Gasteiger partial charge in [-0.05, 0) is 25.5 Å². The highest BCUT2D eigenvalue weighted by molar-refractivity contribution is 5.01. The van der Waals surface area contributed by atoms with Crippen molar-refractivity contribution in [2.45, 2.75) is 31.4 Å². The van der Waals surface area contributed by atoms with Gasteiger partial charge in [0.2, 0.25) is 0 Å². The number of ether oxygens (including phenoxy) is 1. The predicted octanol–water partition coefficient (Wildman–Crippen LogP) is 1.43. The molecule has 0 aromatic carbocycles. The lowest BCUT2D eigenvalue weighted by atomic mass is 10.2. The molecular weight excluding hydrogens is 164 g/mol. The molecule has 0 aromatic rings. The molecule has 1 aliphatic carbocycles. The van der Waals surface area contributed by atoms with Crippen molar-refractivity contribution in [3.8, 4) is 0 Å². The minimum atomic E-state index is 0.262. The van der Waals surface area contributed by atoms with Gasteiger partial charge in [-0.2, -0.15) is 0 Å². The molecule has 0 heterocycles. The van der Waals surface area contributed by atoms with Crippen LogP contribution in [0.15, 0.2) is 25.2 Å². The van der Waals surface area contributed by atoms with E-state index in [9.17, 15) is 0 Å². The van der Waals surface area contributed by atoms with Crippen molar-refractivity contribution in [3.05, 3.63) is 25.2 Å². The van der Waals surface area contributed by atoms with Crippen LogP contribution >= 0.6 is 0 Å². The van der Waals surface area contributed by atoms with E-state index in [2.05, 4.69) is 13.2 Å². The van der Waals surface area contributed by atoms with Crippen LogP contribution in [0.1, 0.15) is 19.3 Å². The summed E-state index contributed by atoms with van der Waals surface area (Å²) in [6.07, 6.45) is 5.36. The quantitative estimate of drug-likeness (QED) is 0.714. The van der Waals surface area contributed by atoms with Crippen LogP contribution in [0.3, 0.4) is 0 Å². The van der Waals surface area contributed by atoms with Gasteiger partial charge in [-0.15, -0.1) is 0 Å². The van der Waals surface area contributed by atoms with Gasteiger partial charge in [-0.3, -0.25) is 0 Å². The molecule has 0 aromatic heterocycles. The lowest BCUT2D eigenvalue weighted by molar-refractivity contribution is 0.0600. The highest BCUT2D eigenvalue weighted by Gasteiger charge is 2.31. The average Bonchev–Trinajstić information content (AvgIpc) is 2.53. The summed E-state index contributed by atoms with van der Waals surface area (Å²) in [5, 5.41) is 0. The number of hydrogen-bond acceptors (Lipinski definition) is 3. The van der Waals surface area contributed by atoms with Crippen LogP contribution in [0, 0.1) is 0 Å². The van der Waals surface area contributed by atoms with Gasteiger partial charge in [-0.25, -0.2) is 0 Å². The Morgan fingerprint density at radius 1 is 1.62 bits per heavy atom. The molecule has 13 heavy (non-hydrogen) atoms. The molecule has 0 spiro atoms. The molecule has 3 nitrogen and oxygen atoms in total. The zero-order valence-corrected chi connectivity index (χ0v) is 8.20. The van der Waals surface area contributed by atoms with Crippen molar-refractivity contribution < 1.29 is 4.74 Å². The molecule has 0 amide bonds. The third-order valence-corrected chi connectivity index (χ3v) is 2.61. The third kappa shape index (κ3) is 2.04. The lowest BCUT2D eigenvalue weighted by Crippen LogP contribution is -2.38. The van der Waals surface area contributed by atoms with E-state index in [-0.39, 0.29) is 6.10 Å². The normalized spacial score (nSPS) is 27.2. The van der Waals surface area contributed by atoms with Crippen LogP contribution in [-0.4, -0.2) is 24.2 Å². The number of methoxy groups -OCH3 is 1. The zero-order valence-electron chi connectivity index (χ0n) is 8.20. The van der Waals surface area contributed by atoms with Gasteiger partial charge in [0.25, 0.3) is 0 Å². The first-order valence-corrected chi connectivity index (χ1v) is 4.58. The Hall–Kier alpha value is -0.960. The molecule has 0 aliphatic heterocycles. The summed E-state index contributed by atoms with van der Waals surface area (Å²) in [6.45, 7) is 7.44. The van der Waals surface area contributed by atoms with Gasteiger partial charge in [0.1, 0.15) is 0 Å². The third-order valence-electron chi connectivity index (χ3n) is 2.61. The van der Waals surface area contributed by atoms with Crippen molar-refractivity contribution in [2.75, 3.05) is 7.11 Å². The molecule has 1 rings (SSSR count). The average molecular weight is 182 g/mol. The van der Waals surface area contributed by atoms with Crippen LogP contribution < -0.4 is 5.73 Å². The fourth-order valence-electron chi connectivity index (χ4n) is 1.97. The van der Waals surface area contributed by atoms with E-state index in [1.807, 2.05) is 4.90 Å². The summed E-state index contributed by atoms with van der Waals surface area (Å²) in [6, 6.07) is 0.319. The second-order valence-electron chi connectivity index (χ2n) is 3.35. The second-order valence-corrected chi connectivity index (χ2v) is 3.35. The van der Waals surface area contributed by atoms with E-state index in [1.54, 1.807) is 13.3 Å². The molecule has 3 heteroatoms. The maximum absolute atomic E-state index is 5.65. The summed E-state index contributed by atoms with van der Waals surface area (Å²) >= 11 is 0. The van der Waals surface area contributed by atoms with Gasteiger partial charge in [-0.1, -0.05) is 13.2 Å². The first-order valence-electron chi connectivity index (χ1n) is 4.58. The van der Waals surface area contributed by atoms with E-state index in [0.717, 1.165) is 12.8 Å². The second kappa shape index (κ2) is 4.33. The van der Waals surface area contributed by atoms with Gasteiger partial charge >= 0.3 is 0 Å². The van der Waals surface area contributed by atoms with Crippen LogP contribution in [0.4, 0.5) is 0 Å². The largest absolute Gasteiger partial charge is 0.386 e. The lowest BCUT2D eigenvalue weighted by Gasteiger charge is -2.30. The monoisotopic (exact) mass is 182 g/mol. The summed E-state index contributed by atoms with van der Waals surface area (Å²) < 4.78 is 5.37. The fraction of sp³-hybridized carbons (Fsp3) is 0.600. The number of rotatable bonds is 4. The number of hydrogen-bond donors (Lipinski definition) is 1. The predicted molar refractivity (Wildman–Crippen MR) is 53.8 cm³/mol. The van der Waals surface area contributed by atoms with Crippen LogP contribution in [0.25, 0.3) is 0 Å². The van der Waals surface area contributed by atoms with Crippen molar-refractivity contribution >= 4 is 0 Å². The molecule has 2 N–H and O–H groups in total. The molecular formula is C10H18N2O. The van der Waals surface area contributed by atoms with Crippen molar-refractivity contribution in [3.63, 3.8) is 0 Å². The first-order chi connectivity index (χ1) is 6.20. The maximum Gasteiger partial charge on any atom is 0.0956 e. The van der Waals surface area contributed by atoms with E-state index in [0.29, 0.717) is 11.9 Å². The number of nitrogens with zero attached hydrogens (tertiary/aromatic N) is 1. The minimum absolute atomic E-state index is 0.262. The molecule has 1 aliphatic rings. The van der Waals surface area contributed by atoms with E-state index in [4.69, 9.17) is 10.5 Å². The van der Waals surface area contributed by atoms with Crippen LogP contribution in [0.2, 0.25) is 0 Å². The zero-order chi connectivity index (χ0) is 9.84.